The lowest BCUT2D eigenvalue weighted by Gasteiger charge is -2.23. The number of Topliss-reactive ketones (excluding diaryl/α,β-unsaturated/α-hetero) is 1. The molecule has 3 aliphatic carbocycles. The number of halogens is 2. The van der Waals surface area contributed by atoms with Gasteiger partial charge in [-0.1, -0.05) is 30.7 Å². The lowest BCUT2D eigenvalue weighted by atomic mass is 9.80. The molecule has 4 heteroatoms. The summed E-state index contributed by atoms with van der Waals surface area (Å²) in [4.78, 5) is 13.3. The van der Waals surface area contributed by atoms with Gasteiger partial charge in [0.15, 0.2) is 5.78 Å². The molecular weight excluding hydrogens is 375 g/mol. The number of hydrogen-bond acceptors (Lipinski definition) is 2. The van der Waals surface area contributed by atoms with E-state index in [0.717, 1.165) is 36.8 Å². The Morgan fingerprint density at radius 3 is 2.50 bits per heavy atom. The summed E-state index contributed by atoms with van der Waals surface area (Å²) in [7, 11) is 0. The highest BCUT2D eigenvalue weighted by Crippen LogP contribution is 2.60. The topological polar surface area (TPSA) is 37.3 Å². The number of carbonyl (C=O) groups is 1. The molecule has 1 N–H and O–H groups in total. The van der Waals surface area contributed by atoms with Crippen molar-refractivity contribution in [3.05, 3.63) is 64.1 Å². The maximum atomic E-state index is 14.5. The van der Waals surface area contributed by atoms with Crippen LogP contribution in [0.25, 0.3) is 16.7 Å². The van der Waals surface area contributed by atoms with Crippen LogP contribution in [0.3, 0.4) is 0 Å². The number of rotatable bonds is 3. The molecule has 0 heterocycles. The highest BCUT2D eigenvalue weighted by atomic mass is 35.5. The van der Waals surface area contributed by atoms with E-state index in [9.17, 15) is 14.3 Å². The van der Waals surface area contributed by atoms with Crippen LogP contribution in [0, 0.1) is 29.5 Å². The number of hydrogen-bond donors (Lipinski definition) is 1. The number of ketones is 1. The summed E-state index contributed by atoms with van der Waals surface area (Å²) < 4.78 is 14.5. The van der Waals surface area contributed by atoms with Gasteiger partial charge in [-0.15, -0.1) is 0 Å². The van der Waals surface area contributed by atoms with Gasteiger partial charge in [0.05, 0.1) is 5.57 Å². The highest BCUT2D eigenvalue weighted by Gasteiger charge is 2.57. The molecule has 2 fully saturated rings. The molecule has 3 aliphatic rings. The van der Waals surface area contributed by atoms with E-state index in [1.54, 1.807) is 12.1 Å². The van der Waals surface area contributed by atoms with Crippen LogP contribution in [0.2, 0.25) is 5.02 Å². The zero-order chi connectivity index (χ0) is 19.6. The van der Waals surface area contributed by atoms with E-state index >= 15 is 0 Å². The molecule has 2 aromatic carbocycles. The molecule has 0 unspecified atom stereocenters. The summed E-state index contributed by atoms with van der Waals surface area (Å²) in [6.45, 7) is 2.03. The number of aliphatic hydroxyl groups excluding tert-OH is 1. The summed E-state index contributed by atoms with van der Waals surface area (Å²) in [5.74, 6) is 0.719. The van der Waals surface area contributed by atoms with Gasteiger partial charge in [-0.3, -0.25) is 4.79 Å². The van der Waals surface area contributed by atoms with Crippen LogP contribution in [0.5, 0.6) is 0 Å². The fourth-order valence-corrected chi connectivity index (χ4v) is 5.96. The first-order chi connectivity index (χ1) is 13.5. The minimum atomic E-state index is -0.395. The van der Waals surface area contributed by atoms with Crippen LogP contribution in [0.1, 0.15) is 37.3 Å². The van der Waals surface area contributed by atoms with E-state index in [0.29, 0.717) is 33.6 Å². The van der Waals surface area contributed by atoms with Gasteiger partial charge in [0.1, 0.15) is 11.6 Å². The molecule has 144 valence electrons. The zero-order valence-electron chi connectivity index (χ0n) is 15.7. The van der Waals surface area contributed by atoms with Crippen molar-refractivity contribution in [3.63, 3.8) is 0 Å². The average Bonchev–Trinajstić information content (AvgIpc) is 3.35. The molecule has 0 spiro atoms. The third-order valence-electron chi connectivity index (χ3n) is 7.04. The van der Waals surface area contributed by atoms with Gasteiger partial charge >= 0.3 is 0 Å². The molecule has 0 amide bonds. The van der Waals surface area contributed by atoms with Crippen molar-refractivity contribution in [1.82, 2.24) is 0 Å². The summed E-state index contributed by atoms with van der Waals surface area (Å²) in [5.41, 5.74) is 3.36. The number of aryl methyl sites for hydroxylation is 1. The van der Waals surface area contributed by atoms with Gasteiger partial charge in [-0.05, 0) is 78.5 Å². The number of benzene rings is 2. The Kier molecular flexibility index (Phi) is 4.13. The molecular formula is C24H22ClFO2. The van der Waals surface area contributed by atoms with E-state index < -0.39 is 5.82 Å². The molecule has 2 aromatic rings. The Morgan fingerprint density at radius 2 is 1.82 bits per heavy atom. The first kappa shape index (κ1) is 17.9. The quantitative estimate of drug-likeness (QED) is 0.668. The maximum absolute atomic E-state index is 14.5. The normalized spacial score (nSPS) is 28.3. The van der Waals surface area contributed by atoms with Crippen LogP contribution in [-0.4, -0.2) is 10.9 Å². The molecule has 2 saturated carbocycles. The summed E-state index contributed by atoms with van der Waals surface area (Å²) in [5, 5.41) is 11.4. The van der Waals surface area contributed by atoms with E-state index in [1.807, 2.05) is 25.1 Å². The third kappa shape index (κ3) is 2.49. The molecule has 0 aliphatic heterocycles. The van der Waals surface area contributed by atoms with Crippen LogP contribution < -0.4 is 0 Å². The number of carbonyl (C=O) groups excluding carboxylic acids is 1. The van der Waals surface area contributed by atoms with E-state index in [-0.39, 0.29) is 23.4 Å². The van der Waals surface area contributed by atoms with Gasteiger partial charge in [-0.25, -0.2) is 4.39 Å². The lowest BCUT2D eigenvalue weighted by molar-refractivity contribution is -0.118. The van der Waals surface area contributed by atoms with Crippen molar-refractivity contribution in [2.45, 2.75) is 32.6 Å². The molecule has 0 radical (unpaired) electrons. The Bertz CT molecular complexity index is 1030. The van der Waals surface area contributed by atoms with Gasteiger partial charge in [0.25, 0.3) is 0 Å². The van der Waals surface area contributed by atoms with Crippen LogP contribution in [0.15, 0.2) is 42.2 Å². The Balaban J connectivity index is 1.64. The minimum absolute atomic E-state index is 0.0121. The predicted octanol–water partition coefficient (Wildman–Crippen LogP) is 6.22. The standard InChI is InChI=1S/C24H22ClFO2/c1-2-12-3-4-13(17-8-7-16(25)11-19(17)26)10-18(12)22-23(27)20-14-5-6-15(9-14)21(20)24(22)28/h3-4,7-8,10-11,14-15,20-21,27H,2,5-6,9H2,1H3/t14-,15+,20-,21+/m0/s1. The molecule has 5 rings (SSSR count). The summed E-state index contributed by atoms with van der Waals surface area (Å²) in [6, 6.07) is 10.3. The average molecular weight is 397 g/mol. The predicted molar refractivity (Wildman–Crippen MR) is 109 cm³/mol. The second-order valence-electron chi connectivity index (χ2n) is 8.36. The van der Waals surface area contributed by atoms with E-state index in [1.165, 1.54) is 6.07 Å². The third-order valence-corrected chi connectivity index (χ3v) is 7.27. The van der Waals surface area contributed by atoms with Crippen molar-refractivity contribution >= 4 is 23.0 Å². The molecule has 4 atom stereocenters. The monoisotopic (exact) mass is 396 g/mol. The minimum Gasteiger partial charge on any atom is -0.511 e. The van der Waals surface area contributed by atoms with Crippen LogP contribution in [0.4, 0.5) is 4.39 Å². The largest absolute Gasteiger partial charge is 0.511 e. The fraction of sp³-hybridized carbons (Fsp3) is 0.375. The summed E-state index contributed by atoms with van der Waals surface area (Å²) in [6.07, 6.45) is 4.00. The Morgan fingerprint density at radius 1 is 1.07 bits per heavy atom. The van der Waals surface area contributed by atoms with Gasteiger partial charge < -0.3 is 5.11 Å². The van der Waals surface area contributed by atoms with Gasteiger partial charge in [0.2, 0.25) is 0 Å². The van der Waals surface area contributed by atoms with Gasteiger partial charge in [0, 0.05) is 22.4 Å². The zero-order valence-corrected chi connectivity index (χ0v) is 16.5. The first-order valence-corrected chi connectivity index (χ1v) is 10.4. The van der Waals surface area contributed by atoms with Crippen molar-refractivity contribution in [3.8, 4) is 11.1 Å². The second-order valence-corrected chi connectivity index (χ2v) is 8.80. The number of aliphatic hydroxyl groups is 1. The van der Waals surface area contributed by atoms with E-state index in [4.69, 9.17) is 11.6 Å². The van der Waals surface area contributed by atoms with Gasteiger partial charge in [-0.2, -0.15) is 0 Å². The highest BCUT2D eigenvalue weighted by molar-refractivity contribution is 6.30. The second kappa shape index (κ2) is 6.45. The Hall–Kier alpha value is -2.13. The Labute approximate surface area is 169 Å². The van der Waals surface area contributed by atoms with Crippen LogP contribution in [-0.2, 0) is 11.2 Å². The lowest BCUT2D eigenvalue weighted by Crippen LogP contribution is -2.24. The van der Waals surface area contributed by atoms with Crippen LogP contribution >= 0.6 is 11.6 Å². The van der Waals surface area contributed by atoms with Crippen molar-refractivity contribution in [2.24, 2.45) is 23.7 Å². The van der Waals surface area contributed by atoms with Crippen molar-refractivity contribution in [1.29, 1.82) is 0 Å². The first-order valence-electron chi connectivity index (χ1n) is 10.1. The SMILES string of the molecule is CCc1ccc(-c2ccc(Cl)cc2F)cc1C1=C(O)[C@H]2[C@H]3CC[C@H](C3)[C@H]2C1=O. The van der Waals surface area contributed by atoms with E-state index in [2.05, 4.69) is 0 Å². The van der Waals surface area contributed by atoms with Crippen molar-refractivity contribution < 1.29 is 14.3 Å². The maximum Gasteiger partial charge on any atom is 0.170 e. The number of fused-ring (bicyclic) bond motifs is 5. The number of allylic oxidation sites excluding steroid dienone is 2. The molecule has 0 saturated heterocycles. The molecule has 2 bridgehead atoms. The molecule has 0 aromatic heterocycles. The van der Waals surface area contributed by atoms with Crippen molar-refractivity contribution in [2.75, 3.05) is 0 Å². The fourth-order valence-electron chi connectivity index (χ4n) is 5.80. The summed E-state index contributed by atoms with van der Waals surface area (Å²) >= 11 is 5.89. The molecule has 2 nitrogen and oxygen atoms in total. The smallest absolute Gasteiger partial charge is 0.170 e. The molecule has 28 heavy (non-hydrogen) atoms.